The molecule has 0 aromatic heterocycles. The van der Waals surface area contributed by atoms with Gasteiger partial charge in [-0.15, -0.1) is 0 Å². The number of carbonyl (C=O) groups excluding carboxylic acids is 2. The smallest absolute Gasteiger partial charge is 0.229 e. The number of methoxy groups -OCH3 is 1. The number of aliphatic hydroxyl groups excluding tert-OH is 1. The van der Waals surface area contributed by atoms with Gasteiger partial charge in [0.2, 0.25) is 11.8 Å². The predicted octanol–water partition coefficient (Wildman–Crippen LogP) is 1.82. The third-order valence-corrected chi connectivity index (χ3v) is 3.75. The van der Waals surface area contributed by atoms with Crippen molar-refractivity contribution in [3.63, 3.8) is 0 Å². The highest BCUT2D eigenvalue weighted by atomic mass is 16.5. The lowest BCUT2D eigenvalue weighted by Gasteiger charge is -2.30. The van der Waals surface area contributed by atoms with Crippen LogP contribution in [-0.2, 0) is 9.59 Å². The molecule has 1 unspecified atom stereocenters. The number of aliphatic hydroxyl groups is 1. The van der Waals surface area contributed by atoms with E-state index in [1.54, 1.807) is 6.07 Å². The van der Waals surface area contributed by atoms with Crippen molar-refractivity contribution in [1.82, 2.24) is 4.90 Å². The maximum Gasteiger partial charge on any atom is 0.229 e. The van der Waals surface area contributed by atoms with Crippen LogP contribution < -0.4 is 4.74 Å². The van der Waals surface area contributed by atoms with E-state index in [0.29, 0.717) is 24.2 Å². The number of imide groups is 1. The molecule has 1 N–H and O–H groups in total. The first kappa shape index (κ1) is 15.5. The molecule has 1 fully saturated rings. The number of hydrogen-bond acceptors (Lipinski definition) is 4. The van der Waals surface area contributed by atoms with Gasteiger partial charge in [-0.2, -0.15) is 0 Å². The Morgan fingerprint density at radius 1 is 1.33 bits per heavy atom. The maximum atomic E-state index is 12.0. The fourth-order valence-corrected chi connectivity index (χ4v) is 2.62. The molecular formula is C16H21NO4. The second-order valence-electron chi connectivity index (χ2n) is 5.67. The van der Waals surface area contributed by atoms with E-state index in [4.69, 9.17) is 4.74 Å². The topological polar surface area (TPSA) is 66.8 Å². The number of piperidine rings is 1. The highest BCUT2D eigenvalue weighted by Gasteiger charge is 2.32. The average Bonchev–Trinajstić information content (AvgIpc) is 2.42. The van der Waals surface area contributed by atoms with Crippen LogP contribution in [0.5, 0.6) is 5.75 Å². The number of rotatable bonds is 4. The molecule has 0 aliphatic carbocycles. The molecule has 1 aliphatic rings. The van der Waals surface area contributed by atoms with Gasteiger partial charge in [-0.25, -0.2) is 0 Å². The van der Waals surface area contributed by atoms with Gasteiger partial charge in [0.15, 0.2) is 0 Å². The summed E-state index contributed by atoms with van der Waals surface area (Å²) in [5.74, 6) is 0.194. The van der Waals surface area contributed by atoms with Crippen LogP contribution in [0.3, 0.4) is 0 Å². The van der Waals surface area contributed by atoms with Gasteiger partial charge in [0.1, 0.15) is 11.9 Å². The first-order valence-corrected chi connectivity index (χ1v) is 7.08. The Labute approximate surface area is 124 Å². The van der Waals surface area contributed by atoms with E-state index in [0.717, 1.165) is 10.5 Å². The number of ether oxygens (including phenoxy) is 1. The van der Waals surface area contributed by atoms with Crippen LogP contribution in [-0.4, -0.2) is 35.5 Å². The number of carbonyl (C=O) groups is 2. The highest BCUT2D eigenvalue weighted by Crippen LogP contribution is 2.28. The fourth-order valence-electron chi connectivity index (χ4n) is 2.62. The summed E-state index contributed by atoms with van der Waals surface area (Å²) in [6, 6.07) is 5.47. The summed E-state index contributed by atoms with van der Waals surface area (Å²) in [4.78, 5) is 25.1. The number of benzene rings is 1. The second kappa shape index (κ2) is 6.26. The molecule has 0 saturated carbocycles. The van der Waals surface area contributed by atoms with E-state index in [1.807, 2.05) is 26.0 Å². The van der Waals surface area contributed by atoms with E-state index in [2.05, 4.69) is 0 Å². The van der Waals surface area contributed by atoms with Crippen LogP contribution in [0.1, 0.15) is 37.0 Å². The summed E-state index contributed by atoms with van der Waals surface area (Å²) >= 11 is 0. The summed E-state index contributed by atoms with van der Waals surface area (Å²) in [7, 11) is 1.53. The third kappa shape index (κ3) is 3.42. The number of aryl methyl sites for hydroxylation is 1. The molecule has 0 bridgehead atoms. The SMILES string of the molecule is COc1ccc(C)cc1C(O)CN1C(=O)CC(C)CC1=O. The largest absolute Gasteiger partial charge is 0.496 e. The Morgan fingerprint density at radius 2 is 1.95 bits per heavy atom. The molecule has 1 saturated heterocycles. The van der Waals surface area contributed by atoms with E-state index < -0.39 is 6.10 Å². The Bertz CT molecular complexity index is 537. The summed E-state index contributed by atoms with van der Waals surface area (Å²) in [6.45, 7) is 3.77. The van der Waals surface area contributed by atoms with Gasteiger partial charge in [0, 0.05) is 18.4 Å². The zero-order valence-corrected chi connectivity index (χ0v) is 12.6. The molecule has 0 spiro atoms. The monoisotopic (exact) mass is 291 g/mol. The Balaban J connectivity index is 2.18. The van der Waals surface area contributed by atoms with Crippen molar-refractivity contribution in [2.45, 2.75) is 32.8 Å². The van der Waals surface area contributed by atoms with Gasteiger partial charge in [-0.1, -0.05) is 18.6 Å². The van der Waals surface area contributed by atoms with Gasteiger partial charge in [0.05, 0.1) is 13.7 Å². The van der Waals surface area contributed by atoms with Crippen molar-refractivity contribution in [2.24, 2.45) is 5.92 Å². The molecule has 21 heavy (non-hydrogen) atoms. The van der Waals surface area contributed by atoms with E-state index in [9.17, 15) is 14.7 Å². The standard InChI is InChI=1S/C16H21NO4/c1-10-4-5-14(21-3)12(6-10)13(18)9-17-15(19)7-11(2)8-16(17)20/h4-6,11,13,18H,7-9H2,1-3H3. The molecule has 0 radical (unpaired) electrons. The molecular weight excluding hydrogens is 270 g/mol. The fraction of sp³-hybridized carbons (Fsp3) is 0.500. The lowest BCUT2D eigenvalue weighted by Crippen LogP contribution is -2.44. The van der Waals surface area contributed by atoms with E-state index in [1.165, 1.54) is 7.11 Å². The van der Waals surface area contributed by atoms with Gasteiger partial charge in [0.25, 0.3) is 0 Å². The summed E-state index contributed by atoms with van der Waals surface area (Å²) in [5.41, 5.74) is 1.58. The molecule has 2 rings (SSSR count). The van der Waals surface area contributed by atoms with Gasteiger partial charge in [-0.3, -0.25) is 14.5 Å². The van der Waals surface area contributed by atoms with Crippen LogP contribution >= 0.6 is 0 Å². The normalized spacial score (nSPS) is 18.0. The minimum Gasteiger partial charge on any atom is -0.496 e. The first-order valence-electron chi connectivity index (χ1n) is 7.08. The number of hydrogen-bond donors (Lipinski definition) is 1. The van der Waals surface area contributed by atoms with Crippen LogP contribution in [0.4, 0.5) is 0 Å². The summed E-state index contributed by atoms with van der Waals surface area (Å²) in [5, 5.41) is 10.4. The van der Waals surface area contributed by atoms with Crippen LogP contribution in [0.25, 0.3) is 0 Å². The third-order valence-electron chi connectivity index (χ3n) is 3.75. The molecule has 1 aromatic carbocycles. The van der Waals surface area contributed by atoms with Crippen molar-refractivity contribution >= 4 is 11.8 Å². The number of β-amino-alcohol motifs (C(OH)–C–C–N with tert-alkyl or cyclic N) is 1. The number of likely N-dealkylation sites (tertiary alicyclic amines) is 1. The molecule has 5 heteroatoms. The Morgan fingerprint density at radius 3 is 2.52 bits per heavy atom. The van der Waals surface area contributed by atoms with Crippen molar-refractivity contribution < 1.29 is 19.4 Å². The van der Waals surface area contributed by atoms with Crippen molar-refractivity contribution in [3.8, 4) is 5.75 Å². The van der Waals surface area contributed by atoms with E-state index >= 15 is 0 Å². The predicted molar refractivity (Wildman–Crippen MR) is 77.8 cm³/mol. The lowest BCUT2D eigenvalue weighted by atomic mass is 9.96. The molecule has 1 aromatic rings. The summed E-state index contributed by atoms with van der Waals surface area (Å²) < 4.78 is 5.23. The molecule has 5 nitrogen and oxygen atoms in total. The zero-order valence-electron chi connectivity index (χ0n) is 12.6. The van der Waals surface area contributed by atoms with Crippen molar-refractivity contribution in [2.75, 3.05) is 13.7 Å². The van der Waals surface area contributed by atoms with E-state index in [-0.39, 0.29) is 24.3 Å². The average molecular weight is 291 g/mol. The van der Waals surface area contributed by atoms with Crippen LogP contribution in [0, 0.1) is 12.8 Å². The second-order valence-corrected chi connectivity index (χ2v) is 5.67. The van der Waals surface area contributed by atoms with Crippen LogP contribution in [0.15, 0.2) is 18.2 Å². The Hall–Kier alpha value is -1.88. The Kier molecular flexibility index (Phi) is 4.63. The quantitative estimate of drug-likeness (QED) is 0.859. The molecule has 2 amide bonds. The van der Waals surface area contributed by atoms with Gasteiger partial charge < -0.3 is 9.84 Å². The maximum absolute atomic E-state index is 12.0. The van der Waals surface area contributed by atoms with Crippen molar-refractivity contribution in [1.29, 1.82) is 0 Å². The van der Waals surface area contributed by atoms with Crippen molar-refractivity contribution in [3.05, 3.63) is 29.3 Å². The number of amides is 2. The minimum atomic E-state index is -0.943. The molecule has 114 valence electrons. The van der Waals surface area contributed by atoms with Crippen LogP contribution in [0.2, 0.25) is 0 Å². The summed E-state index contributed by atoms with van der Waals surface area (Å²) in [6.07, 6.45) is -0.242. The minimum absolute atomic E-state index is 0.0236. The van der Waals surface area contributed by atoms with Gasteiger partial charge >= 0.3 is 0 Å². The van der Waals surface area contributed by atoms with Gasteiger partial charge in [-0.05, 0) is 25.0 Å². The highest BCUT2D eigenvalue weighted by molar-refractivity contribution is 5.97. The number of nitrogens with zero attached hydrogens (tertiary/aromatic N) is 1. The first-order chi connectivity index (χ1) is 9.92. The molecule has 1 aliphatic heterocycles. The molecule has 1 atom stereocenters. The zero-order chi connectivity index (χ0) is 15.6. The molecule has 1 heterocycles. The lowest BCUT2D eigenvalue weighted by molar-refractivity contribution is -0.151.